The van der Waals surface area contributed by atoms with Crippen molar-refractivity contribution in [1.29, 1.82) is 0 Å². The van der Waals surface area contributed by atoms with Crippen LogP contribution in [0.4, 0.5) is 13.2 Å². The van der Waals surface area contributed by atoms with Gasteiger partial charge in [-0.3, -0.25) is 9.59 Å². The highest BCUT2D eigenvalue weighted by Crippen LogP contribution is 2.32. The number of nitrogens with one attached hydrogen (secondary N) is 2. The summed E-state index contributed by atoms with van der Waals surface area (Å²) in [7, 11) is 0. The average Bonchev–Trinajstić information content (AvgIpc) is 2.83. The van der Waals surface area contributed by atoms with Gasteiger partial charge in [0.2, 0.25) is 11.8 Å². The lowest BCUT2D eigenvalue weighted by atomic mass is 10.0. The van der Waals surface area contributed by atoms with Gasteiger partial charge in [-0.05, 0) is 20.3 Å². The molecule has 2 N–H and O–H groups in total. The first kappa shape index (κ1) is 18.4. The van der Waals surface area contributed by atoms with Gasteiger partial charge >= 0.3 is 6.18 Å². The minimum Gasteiger partial charge on any atom is -0.345 e. The number of carbonyl (C=O) groups is 2. The number of hydrogen-bond acceptors (Lipinski definition) is 4. The van der Waals surface area contributed by atoms with Crippen molar-refractivity contribution in [1.82, 2.24) is 15.6 Å². The highest BCUT2D eigenvalue weighted by Gasteiger charge is 2.35. The number of thiazole rings is 1. The van der Waals surface area contributed by atoms with Crippen LogP contribution in [0.3, 0.4) is 0 Å². The monoisotopic (exact) mass is 337 g/mol. The van der Waals surface area contributed by atoms with E-state index in [4.69, 9.17) is 0 Å². The molecular formula is C13H18F3N3O2S. The van der Waals surface area contributed by atoms with E-state index in [-0.39, 0.29) is 10.9 Å². The van der Waals surface area contributed by atoms with Crippen molar-refractivity contribution >= 4 is 23.2 Å². The summed E-state index contributed by atoms with van der Waals surface area (Å²) >= 11 is 0.842. The molecule has 1 rings (SSSR count). The topological polar surface area (TPSA) is 71.1 Å². The minimum absolute atomic E-state index is 0.182. The van der Waals surface area contributed by atoms with E-state index in [0.717, 1.165) is 16.7 Å². The van der Waals surface area contributed by atoms with Gasteiger partial charge in [0.1, 0.15) is 10.5 Å². The Kier molecular flexibility index (Phi) is 5.55. The van der Waals surface area contributed by atoms with E-state index in [0.29, 0.717) is 6.42 Å². The van der Waals surface area contributed by atoms with Gasteiger partial charge in [-0.2, -0.15) is 13.2 Å². The SMILES string of the molecule is CC[C@@H](NC(=O)C(C)(C)NC(C)=O)c1nc(C(F)(F)F)cs1. The van der Waals surface area contributed by atoms with Gasteiger partial charge in [-0.1, -0.05) is 6.92 Å². The number of amides is 2. The van der Waals surface area contributed by atoms with E-state index in [1.807, 2.05) is 0 Å². The first-order chi connectivity index (χ1) is 9.97. The lowest BCUT2D eigenvalue weighted by molar-refractivity contribution is -0.140. The van der Waals surface area contributed by atoms with Crippen LogP contribution in [-0.4, -0.2) is 22.3 Å². The van der Waals surface area contributed by atoms with Crippen LogP contribution >= 0.6 is 11.3 Å². The Morgan fingerprint density at radius 3 is 2.36 bits per heavy atom. The molecule has 0 fully saturated rings. The molecular weight excluding hydrogens is 319 g/mol. The second-order valence-corrected chi connectivity index (χ2v) is 6.20. The third kappa shape index (κ3) is 4.69. The van der Waals surface area contributed by atoms with Gasteiger partial charge in [0.15, 0.2) is 5.69 Å². The lowest BCUT2D eigenvalue weighted by Crippen LogP contribution is -2.54. The molecule has 0 bridgehead atoms. The standard InChI is InChI=1S/C13H18F3N3O2S/c1-5-8(10-18-9(6-22-10)13(14,15)16)17-11(21)12(3,4)19-7(2)20/h6,8H,5H2,1-4H3,(H,17,21)(H,19,20)/t8-/m1/s1. The lowest BCUT2D eigenvalue weighted by Gasteiger charge is -2.26. The molecule has 1 heterocycles. The smallest absolute Gasteiger partial charge is 0.345 e. The molecule has 2 amide bonds. The Hall–Kier alpha value is -1.64. The van der Waals surface area contributed by atoms with Crippen molar-refractivity contribution in [2.45, 2.75) is 51.9 Å². The Morgan fingerprint density at radius 2 is 1.95 bits per heavy atom. The molecule has 0 aliphatic rings. The van der Waals surface area contributed by atoms with Crippen LogP contribution in [0.15, 0.2) is 5.38 Å². The van der Waals surface area contributed by atoms with Gasteiger partial charge in [-0.25, -0.2) is 4.98 Å². The van der Waals surface area contributed by atoms with Crippen LogP contribution in [0.5, 0.6) is 0 Å². The van der Waals surface area contributed by atoms with E-state index < -0.39 is 29.4 Å². The number of halogens is 3. The molecule has 22 heavy (non-hydrogen) atoms. The van der Waals surface area contributed by atoms with Crippen molar-refractivity contribution in [2.75, 3.05) is 0 Å². The third-order valence-electron chi connectivity index (χ3n) is 2.88. The Balaban J connectivity index is 2.87. The number of carbonyl (C=O) groups excluding carboxylic acids is 2. The second kappa shape index (κ2) is 6.64. The second-order valence-electron chi connectivity index (χ2n) is 5.31. The fraction of sp³-hybridized carbons (Fsp3) is 0.615. The van der Waals surface area contributed by atoms with Crippen LogP contribution in [0, 0.1) is 0 Å². The van der Waals surface area contributed by atoms with Gasteiger partial charge in [-0.15, -0.1) is 11.3 Å². The molecule has 124 valence electrons. The molecule has 5 nitrogen and oxygen atoms in total. The van der Waals surface area contributed by atoms with Crippen molar-refractivity contribution in [3.8, 4) is 0 Å². The van der Waals surface area contributed by atoms with Gasteiger partial charge in [0.05, 0.1) is 6.04 Å². The summed E-state index contributed by atoms with van der Waals surface area (Å²) in [6, 6.07) is -0.637. The predicted molar refractivity (Wildman–Crippen MR) is 76.2 cm³/mol. The van der Waals surface area contributed by atoms with Crippen molar-refractivity contribution in [3.05, 3.63) is 16.1 Å². The Bertz CT molecular complexity index is 555. The number of hydrogen-bond donors (Lipinski definition) is 2. The van der Waals surface area contributed by atoms with Crippen LogP contribution < -0.4 is 10.6 Å². The van der Waals surface area contributed by atoms with E-state index >= 15 is 0 Å². The molecule has 0 spiro atoms. The molecule has 0 unspecified atom stereocenters. The van der Waals surface area contributed by atoms with Crippen molar-refractivity contribution in [2.24, 2.45) is 0 Å². The van der Waals surface area contributed by atoms with E-state index in [2.05, 4.69) is 15.6 Å². The number of alkyl halides is 3. The molecule has 0 aliphatic carbocycles. The van der Waals surface area contributed by atoms with Gasteiger partial charge < -0.3 is 10.6 Å². The maximum absolute atomic E-state index is 12.6. The maximum Gasteiger partial charge on any atom is 0.434 e. The van der Waals surface area contributed by atoms with Crippen molar-refractivity contribution in [3.63, 3.8) is 0 Å². The van der Waals surface area contributed by atoms with E-state index in [1.54, 1.807) is 6.92 Å². The fourth-order valence-corrected chi connectivity index (χ4v) is 2.71. The molecule has 1 aromatic rings. The summed E-state index contributed by atoms with van der Waals surface area (Å²) in [5, 5.41) is 6.20. The third-order valence-corrected chi connectivity index (χ3v) is 3.84. The Morgan fingerprint density at radius 1 is 1.36 bits per heavy atom. The molecule has 1 atom stereocenters. The van der Waals surface area contributed by atoms with Gasteiger partial charge in [0.25, 0.3) is 0 Å². The molecule has 0 radical (unpaired) electrons. The fourth-order valence-electron chi connectivity index (χ4n) is 1.75. The maximum atomic E-state index is 12.6. The normalized spacial score (nSPS) is 13.6. The highest BCUT2D eigenvalue weighted by atomic mass is 32.1. The zero-order chi connectivity index (χ0) is 17.1. The molecule has 0 aromatic carbocycles. The number of rotatable bonds is 5. The summed E-state index contributed by atoms with van der Waals surface area (Å²) in [5.41, 5.74) is -2.13. The van der Waals surface area contributed by atoms with Crippen LogP contribution in [0.2, 0.25) is 0 Å². The molecule has 0 saturated carbocycles. The zero-order valence-corrected chi connectivity index (χ0v) is 13.5. The largest absolute Gasteiger partial charge is 0.434 e. The van der Waals surface area contributed by atoms with E-state index in [1.165, 1.54) is 20.8 Å². The molecule has 9 heteroatoms. The predicted octanol–water partition coefficient (Wildman–Crippen LogP) is 2.64. The van der Waals surface area contributed by atoms with Crippen molar-refractivity contribution < 1.29 is 22.8 Å². The van der Waals surface area contributed by atoms with Crippen LogP contribution in [-0.2, 0) is 15.8 Å². The van der Waals surface area contributed by atoms with Crippen LogP contribution in [0.1, 0.15) is 50.9 Å². The quantitative estimate of drug-likeness (QED) is 0.868. The number of aromatic nitrogens is 1. The zero-order valence-electron chi connectivity index (χ0n) is 12.7. The molecule has 1 aromatic heterocycles. The first-order valence-corrected chi connectivity index (χ1v) is 7.47. The van der Waals surface area contributed by atoms with Gasteiger partial charge in [0, 0.05) is 12.3 Å². The molecule has 0 saturated heterocycles. The summed E-state index contributed by atoms with van der Waals surface area (Å²) in [5.74, 6) is -0.861. The highest BCUT2D eigenvalue weighted by molar-refractivity contribution is 7.09. The summed E-state index contributed by atoms with van der Waals surface area (Å²) in [6.07, 6.45) is -4.13. The first-order valence-electron chi connectivity index (χ1n) is 6.59. The summed E-state index contributed by atoms with van der Waals surface area (Å²) < 4.78 is 37.7. The van der Waals surface area contributed by atoms with Crippen LogP contribution in [0.25, 0.3) is 0 Å². The summed E-state index contributed by atoms with van der Waals surface area (Å²) in [4.78, 5) is 26.8. The minimum atomic E-state index is -4.51. The average molecular weight is 337 g/mol. The summed E-state index contributed by atoms with van der Waals surface area (Å²) in [6.45, 7) is 6.03. The Labute approximate surface area is 130 Å². The molecule has 0 aliphatic heterocycles. The number of nitrogens with zero attached hydrogens (tertiary/aromatic N) is 1. The van der Waals surface area contributed by atoms with E-state index in [9.17, 15) is 22.8 Å².